The Morgan fingerprint density at radius 3 is 2.67 bits per heavy atom. The summed E-state index contributed by atoms with van der Waals surface area (Å²) in [5.74, 6) is -0.360. The minimum atomic E-state index is -4.58. The van der Waals surface area contributed by atoms with Crippen molar-refractivity contribution in [3.05, 3.63) is 59.4 Å². The number of nitrogens with zero attached hydrogens (tertiary/aromatic N) is 2. The molecule has 0 bridgehead atoms. The SMILES string of the molecule is N#Cc1ccc(NCCNC(=O)c2cccnc2)c(C(F)(F)F)c1. The fourth-order valence-corrected chi connectivity index (χ4v) is 1.97. The van der Waals surface area contributed by atoms with E-state index in [0.29, 0.717) is 5.56 Å². The molecular weight excluding hydrogens is 321 g/mol. The average molecular weight is 334 g/mol. The molecule has 1 heterocycles. The van der Waals surface area contributed by atoms with Crippen LogP contribution in [0, 0.1) is 11.3 Å². The number of alkyl halides is 3. The fraction of sp³-hybridized carbons (Fsp3) is 0.188. The lowest BCUT2D eigenvalue weighted by Crippen LogP contribution is -2.29. The zero-order valence-corrected chi connectivity index (χ0v) is 12.4. The molecule has 2 aromatic rings. The number of carbonyl (C=O) groups is 1. The van der Waals surface area contributed by atoms with E-state index >= 15 is 0 Å². The van der Waals surface area contributed by atoms with Crippen molar-refractivity contribution in [3.63, 3.8) is 0 Å². The quantitative estimate of drug-likeness (QED) is 0.824. The normalized spacial score (nSPS) is 10.8. The second kappa shape index (κ2) is 7.46. The number of aromatic nitrogens is 1. The van der Waals surface area contributed by atoms with Crippen LogP contribution in [0.15, 0.2) is 42.7 Å². The number of hydrogen-bond acceptors (Lipinski definition) is 4. The number of pyridine rings is 1. The lowest BCUT2D eigenvalue weighted by Gasteiger charge is -2.15. The molecule has 8 heteroatoms. The molecule has 0 atom stereocenters. The molecule has 0 aliphatic carbocycles. The highest BCUT2D eigenvalue weighted by Gasteiger charge is 2.33. The molecule has 0 aliphatic heterocycles. The molecule has 1 aromatic carbocycles. The molecule has 0 unspecified atom stereocenters. The average Bonchev–Trinajstić information content (AvgIpc) is 2.58. The van der Waals surface area contributed by atoms with E-state index in [1.807, 2.05) is 0 Å². The first-order valence-electron chi connectivity index (χ1n) is 6.95. The Kier molecular flexibility index (Phi) is 5.37. The van der Waals surface area contributed by atoms with Crippen molar-refractivity contribution < 1.29 is 18.0 Å². The summed E-state index contributed by atoms with van der Waals surface area (Å²) in [6.07, 6.45) is -1.65. The molecule has 2 N–H and O–H groups in total. The summed E-state index contributed by atoms with van der Waals surface area (Å²) in [5.41, 5.74) is -0.762. The van der Waals surface area contributed by atoms with Gasteiger partial charge in [-0.2, -0.15) is 18.4 Å². The summed E-state index contributed by atoms with van der Waals surface area (Å²) < 4.78 is 39.0. The van der Waals surface area contributed by atoms with Crippen molar-refractivity contribution in [2.75, 3.05) is 18.4 Å². The summed E-state index contributed by atoms with van der Waals surface area (Å²) in [6.45, 7) is 0.228. The number of amides is 1. The van der Waals surface area contributed by atoms with Crippen LogP contribution in [-0.4, -0.2) is 24.0 Å². The second-order valence-electron chi connectivity index (χ2n) is 4.79. The van der Waals surface area contributed by atoms with Gasteiger partial charge in [-0.3, -0.25) is 9.78 Å². The van der Waals surface area contributed by atoms with Crippen LogP contribution in [0.1, 0.15) is 21.5 Å². The van der Waals surface area contributed by atoms with Gasteiger partial charge in [-0.15, -0.1) is 0 Å². The molecule has 24 heavy (non-hydrogen) atoms. The number of benzene rings is 1. The van der Waals surface area contributed by atoms with Crippen LogP contribution in [-0.2, 0) is 6.18 Å². The lowest BCUT2D eigenvalue weighted by molar-refractivity contribution is -0.137. The zero-order valence-electron chi connectivity index (χ0n) is 12.4. The van der Waals surface area contributed by atoms with Crippen molar-refractivity contribution in [2.24, 2.45) is 0 Å². The Balaban J connectivity index is 1.95. The van der Waals surface area contributed by atoms with E-state index in [0.717, 1.165) is 6.07 Å². The van der Waals surface area contributed by atoms with Crippen LogP contribution in [0.2, 0.25) is 0 Å². The van der Waals surface area contributed by atoms with E-state index < -0.39 is 11.7 Å². The van der Waals surface area contributed by atoms with Gasteiger partial charge in [-0.05, 0) is 30.3 Å². The number of anilines is 1. The Morgan fingerprint density at radius 2 is 2.04 bits per heavy atom. The highest BCUT2D eigenvalue weighted by Crippen LogP contribution is 2.35. The summed E-state index contributed by atoms with van der Waals surface area (Å²) in [6, 6.07) is 8.15. The predicted octanol–water partition coefficient (Wildman–Crippen LogP) is 2.81. The molecule has 0 saturated heterocycles. The summed E-state index contributed by atoms with van der Waals surface area (Å²) in [7, 11) is 0. The van der Waals surface area contributed by atoms with Gasteiger partial charge in [-0.1, -0.05) is 0 Å². The Labute approximate surface area is 136 Å². The molecule has 1 amide bonds. The molecule has 0 spiro atoms. The fourth-order valence-electron chi connectivity index (χ4n) is 1.97. The first-order chi connectivity index (χ1) is 11.4. The van der Waals surface area contributed by atoms with Crippen LogP contribution >= 0.6 is 0 Å². The topological polar surface area (TPSA) is 77.8 Å². The van der Waals surface area contributed by atoms with Crippen molar-refractivity contribution in [2.45, 2.75) is 6.18 Å². The van der Waals surface area contributed by atoms with Crippen LogP contribution < -0.4 is 10.6 Å². The van der Waals surface area contributed by atoms with Gasteiger partial charge in [0.2, 0.25) is 0 Å². The minimum Gasteiger partial charge on any atom is -0.383 e. The third-order valence-corrected chi connectivity index (χ3v) is 3.10. The molecule has 1 aromatic heterocycles. The summed E-state index contributed by atoms with van der Waals surface area (Å²) >= 11 is 0. The first kappa shape index (κ1) is 17.3. The van der Waals surface area contributed by atoms with E-state index in [4.69, 9.17) is 5.26 Å². The van der Waals surface area contributed by atoms with Gasteiger partial charge in [0.15, 0.2) is 0 Å². The number of halogens is 3. The first-order valence-corrected chi connectivity index (χ1v) is 6.95. The molecular formula is C16H13F3N4O. The zero-order chi connectivity index (χ0) is 17.6. The molecule has 0 fully saturated rings. The monoisotopic (exact) mass is 334 g/mol. The maximum absolute atomic E-state index is 13.0. The van der Waals surface area contributed by atoms with Crippen molar-refractivity contribution >= 4 is 11.6 Å². The third-order valence-electron chi connectivity index (χ3n) is 3.10. The van der Waals surface area contributed by atoms with Crippen LogP contribution in [0.5, 0.6) is 0 Å². The number of nitrogens with one attached hydrogen (secondary N) is 2. The van der Waals surface area contributed by atoms with Gasteiger partial charge in [0.25, 0.3) is 5.91 Å². The third kappa shape index (κ3) is 4.46. The molecule has 0 radical (unpaired) electrons. The van der Waals surface area contributed by atoms with Gasteiger partial charge in [0.05, 0.1) is 22.8 Å². The predicted molar refractivity (Wildman–Crippen MR) is 81.2 cm³/mol. The molecule has 124 valence electrons. The van der Waals surface area contributed by atoms with Crippen molar-refractivity contribution in [1.29, 1.82) is 5.26 Å². The van der Waals surface area contributed by atoms with E-state index in [1.54, 1.807) is 18.2 Å². The molecule has 2 rings (SSSR count). The summed E-state index contributed by atoms with van der Waals surface area (Å²) in [5, 5.41) is 13.9. The highest BCUT2D eigenvalue weighted by molar-refractivity contribution is 5.93. The Morgan fingerprint density at radius 1 is 1.25 bits per heavy atom. The Bertz CT molecular complexity index is 754. The van der Waals surface area contributed by atoms with Gasteiger partial charge in [0.1, 0.15) is 0 Å². The number of carbonyl (C=O) groups excluding carboxylic acids is 1. The maximum atomic E-state index is 13.0. The second-order valence-corrected chi connectivity index (χ2v) is 4.79. The van der Waals surface area contributed by atoms with Crippen LogP contribution in [0.3, 0.4) is 0 Å². The van der Waals surface area contributed by atoms with Crippen molar-refractivity contribution in [1.82, 2.24) is 10.3 Å². The van der Waals surface area contributed by atoms with E-state index in [2.05, 4.69) is 15.6 Å². The minimum absolute atomic E-state index is 0.0715. The maximum Gasteiger partial charge on any atom is 0.418 e. The molecule has 0 aliphatic rings. The van der Waals surface area contributed by atoms with Gasteiger partial charge in [0, 0.05) is 31.2 Å². The molecule has 5 nitrogen and oxygen atoms in total. The van der Waals surface area contributed by atoms with E-state index in [-0.39, 0.29) is 30.2 Å². The highest BCUT2D eigenvalue weighted by atomic mass is 19.4. The Hall–Kier alpha value is -3.08. The van der Waals surface area contributed by atoms with E-state index in [9.17, 15) is 18.0 Å². The smallest absolute Gasteiger partial charge is 0.383 e. The lowest BCUT2D eigenvalue weighted by atomic mass is 10.1. The number of hydrogen-bond donors (Lipinski definition) is 2. The van der Waals surface area contributed by atoms with E-state index in [1.165, 1.54) is 24.5 Å². The van der Waals surface area contributed by atoms with Crippen LogP contribution in [0.25, 0.3) is 0 Å². The largest absolute Gasteiger partial charge is 0.418 e. The molecule has 0 saturated carbocycles. The number of nitriles is 1. The summed E-state index contributed by atoms with van der Waals surface area (Å²) in [4.78, 5) is 15.6. The standard InChI is InChI=1S/C16H13F3N4O/c17-16(18,19)13-8-11(9-20)3-4-14(13)22-6-7-23-15(24)12-2-1-5-21-10-12/h1-5,8,10,22H,6-7H2,(H,23,24). The van der Waals surface area contributed by atoms with Gasteiger partial charge < -0.3 is 10.6 Å². The number of rotatable bonds is 5. The van der Waals surface area contributed by atoms with Crippen LogP contribution in [0.4, 0.5) is 18.9 Å². The van der Waals surface area contributed by atoms with Crippen molar-refractivity contribution in [3.8, 4) is 6.07 Å². The van der Waals surface area contributed by atoms with Gasteiger partial charge in [-0.25, -0.2) is 0 Å². The van der Waals surface area contributed by atoms with Gasteiger partial charge >= 0.3 is 6.18 Å².